The number of nitrogens with zero attached hydrogens (tertiary/aromatic N) is 1. The van der Waals surface area contributed by atoms with Crippen LogP contribution in [0.4, 0.5) is 5.69 Å². The zero-order valence-electron chi connectivity index (χ0n) is 6.38. The van der Waals surface area contributed by atoms with Gasteiger partial charge in [-0.05, 0) is 24.5 Å². The van der Waals surface area contributed by atoms with E-state index >= 15 is 0 Å². The van der Waals surface area contributed by atoms with Gasteiger partial charge < -0.3 is 5.43 Å². The first kappa shape index (κ1) is 6.68. The fraction of sp³-hybridized carbons (Fsp3) is 0.333. The topological polar surface area (TPSA) is 26.1 Å². The first-order valence-corrected chi connectivity index (χ1v) is 3.97. The molecular weight excluding hydrogens is 136 g/mol. The Morgan fingerprint density at radius 3 is 3.18 bits per heavy atom. The molecule has 1 heterocycles. The third-order valence-electron chi connectivity index (χ3n) is 1.93. The van der Waals surface area contributed by atoms with Crippen LogP contribution in [0.3, 0.4) is 0 Å². The molecule has 1 aromatic carbocycles. The van der Waals surface area contributed by atoms with E-state index in [1.807, 2.05) is 6.07 Å². The molecule has 0 spiro atoms. The summed E-state index contributed by atoms with van der Waals surface area (Å²) < 4.78 is 0. The molecule has 0 fully saturated rings. The van der Waals surface area contributed by atoms with Crippen molar-refractivity contribution in [2.24, 2.45) is 0 Å². The molecule has 0 amide bonds. The van der Waals surface area contributed by atoms with Crippen molar-refractivity contribution in [2.75, 3.05) is 12.0 Å². The summed E-state index contributed by atoms with van der Waals surface area (Å²) in [6.07, 6.45) is 2.30. The second-order valence-electron chi connectivity index (χ2n) is 2.75. The van der Waals surface area contributed by atoms with E-state index in [2.05, 4.69) is 29.1 Å². The number of para-hydroxylation sites is 1. The number of hydrogen-bond donors (Lipinski definition) is 1. The van der Waals surface area contributed by atoms with Crippen molar-refractivity contribution in [1.82, 2.24) is 5.43 Å². The quantitative estimate of drug-likeness (QED) is 0.592. The number of aryl methyl sites for hydroxylation is 1. The predicted molar refractivity (Wildman–Crippen MR) is 45.4 cm³/mol. The fourth-order valence-electron chi connectivity index (χ4n) is 1.34. The number of anilines is 1. The van der Waals surface area contributed by atoms with Crippen LogP contribution in [0.15, 0.2) is 24.3 Å². The second-order valence-corrected chi connectivity index (χ2v) is 2.75. The van der Waals surface area contributed by atoms with Crippen molar-refractivity contribution >= 4 is 5.69 Å². The van der Waals surface area contributed by atoms with Gasteiger partial charge in [-0.15, -0.1) is 5.43 Å². The highest BCUT2D eigenvalue weighted by Gasteiger charge is 2.04. The van der Waals surface area contributed by atoms with Gasteiger partial charge in [-0.2, -0.15) is 0 Å². The second kappa shape index (κ2) is 2.93. The standard InChI is InChI=1S/C9H11N2/c1-2-6-9-8(4-1)5-3-7-10-11-9/h1-2,4,6,11H,3,5,7H2. The summed E-state index contributed by atoms with van der Waals surface area (Å²) in [5.41, 5.74) is 9.77. The summed E-state index contributed by atoms with van der Waals surface area (Å²) in [6.45, 7) is 0.925. The monoisotopic (exact) mass is 147 g/mol. The van der Waals surface area contributed by atoms with Crippen LogP contribution in [-0.2, 0) is 6.42 Å². The fourth-order valence-corrected chi connectivity index (χ4v) is 1.34. The highest BCUT2D eigenvalue weighted by Crippen LogP contribution is 2.17. The van der Waals surface area contributed by atoms with Crippen molar-refractivity contribution in [3.05, 3.63) is 29.8 Å². The van der Waals surface area contributed by atoms with Gasteiger partial charge in [0.05, 0.1) is 5.69 Å². The highest BCUT2D eigenvalue weighted by atomic mass is 15.4. The molecule has 57 valence electrons. The van der Waals surface area contributed by atoms with Crippen LogP contribution in [0, 0.1) is 0 Å². The molecule has 0 unspecified atom stereocenters. The third kappa shape index (κ3) is 1.35. The van der Waals surface area contributed by atoms with E-state index in [1.165, 1.54) is 11.3 Å². The van der Waals surface area contributed by atoms with Gasteiger partial charge >= 0.3 is 0 Å². The molecule has 1 aliphatic heterocycles. The Kier molecular flexibility index (Phi) is 1.78. The lowest BCUT2D eigenvalue weighted by Gasteiger charge is -2.03. The minimum atomic E-state index is 0.925. The predicted octanol–water partition coefficient (Wildman–Crippen LogP) is 1.56. The molecule has 0 saturated heterocycles. The zero-order valence-corrected chi connectivity index (χ0v) is 6.38. The van der Waals surface area contributed by atoms with Crippen molar-refractivity contribution in [2.45, 2.75) is 12.8 Å². The molecule has 1 radical (unpaired) electrons. The average Bonchev–Trinajstić information content (AvgIpc) is 2.28. The summed E-state index contributed by atoms with van der Waals surface area (Å²) in [5.74, 6) is 0. The summed E-state index contributed by atoms with van der Waals surface area (Å²) >= 11 is 0. The molecular formula is C9H11N2. The molecule has 1 aliphatic rings. The maximum absolute atomic E-state index is 4.16. The van der Waals surface area contributed by atoms with Gasteiger partial charge in [-0.25, -0.2) is 0 Å². The van der Waals surface area contributed by atoms with E-state index in [-0.39, 0.29) is 0 Å². The maximum atomic E-state index is 4.16. The smallest absolute Gasteiger partial charge is 0.0536 e. The largest absolute Gasteiger partial charge is 0.304 e. The lowest BCUT2D eigenvalue weighted by Crippen LogP contribution is -2.11. The van der Waals surface area contributed by atoms with Gasteiger partial charge in [0.2, 0.25) is 0 Å². The molecule has 1 aromatic rings. The normalized spacial score (nSPS) is 16.4. The van der Waals surface area contributed by atoms with Gasteiger partial charge in [0, 0.05) is 6.54 Å². The van der Waals surface area contributed by atoms with E-state index in [0.717, 1.165) is 19.4 Å². The molecule has 0 aliphatic carbocycles. The summed E-state index contributed by atoms with van der Waals surface area (Å²) in [6, 6.07) is 8.34. The van der Waals surface area contributed by atoms with Crippen LogP contribution in [0.1, 0.15) is 12.0 Å². The number of benzene rings is 1. The Hall–Kier alpha value is -1.02. The van der Waals surface area contributed by atoms with Crippen molar-refractivity contribution in [1.29, 1.82) is 0 Å². The van der Waals surface area contributed by atoms with E-state index in [1.54, 1.807) is 0 Å². The van der Waals surface area contributed by atoms with Gasteiger partial charge in [0.25, 0.3) is 0 Å². The van der Waals surface area contributed by atoms with Crippen LogP contribution in [0.25, 0.3) is 0 Å². The van der Waals surface area contributed by atoms with E-state index in [4.69, 9.17) is 0 Å². The van der Waals surface area contributed by atoms with Gasteiger partial charge in [0.1, 0.15) is 0 Å². The van der Waals surface area contributed by atoms with E-state index in [9.17, 15) is 0 Å². The summed E-state index contributed by atoms with van der Waals surface area (Å²) in [7, 11) is 0. The highest BCUT2D eigenvalue weighted by molar-refractivity contribution is 5.50. The molecule has 2 rings (SSSR count). The lowest BCUT2D eigenvalue weighted by atomic mass is 10.1. The van der Waals surface area contributed by atoms with Crippen LogP contribution < -0.4 is 10.9 Å². The minimum Gasteiger partial charge on any atom is -0.304 e. The molecule has 0 bridgehead atoms. The van der Waals surface area contributed by atoms with E-state index in [0.29, 0.717) is 0 Å². The first-order chi connectivity index (χ1) is 5.47. The average molecular weight is 147 g/mol. The Morgan fingerprint density at radius 2 is 2.18 bits per heavy atom. The lowest BCUT2D eigenvalue weighted by molar-refractivity contribution is 0.730. The van der Waals surface area contributed by atoms with Crippen molar-refractivity contribution < 1.29 is 0 Å². The first-order valence-electron chi connectivity index (χ1n) is 3.97. The zero-order chi connectivity index (χ0) is 7.52. The number of rotatable bonds is 0. The molecule has 1 N–H and O–H groups in total. The Labute approximate surface area is 66.6 Å². The minimum absolute atomic E-state index is 0.925. The molecule has 2 nitrogen and oxygen atoms in total. The van der Waals surface area contributed by atoms with Gasteiger partial charge in [-0.3, -0.25) is 0 Å². The third-order valence-corrected chi connectivity index (χ3v) is 1.93. The molecule has 0 atom stereocenters. The van der Waals surface area contributed by atoms with Crippen LogP contribution >= 0.6 is 0 Å². The number of hydrogen-bond acceptors (Lipinski definition) is 1. The van der Waals surface area contributed by atoms with Crippen molar-refractivity contribution in [3.8, 4) is 0 Å². The Balaban J connectivity index is 2.33. The summed E-state index contributed by atoms with van der Waals surface area (Å²) in [5, 5.41) is 0. The maximum Gasteiger partial charge on any atom is 0.0536 e. The van der Waals surface area contributed by atoms with Gasteiger partial charge in [-0.1, -0.05) is 18.2 Å². The Morgan fingerprint density at radius 1 is 1.27 bits per heavy atom. The molecule has 2 heteroatoms. The molecule has 11 heavy (non-hydrogen) atoms. The number of fused-ring (bicyclic) bond motifs is 1. The van der Waals surface area contributed by atoms with Crippen LogP contribution in [0.5, 0.6) is 0 Å². The van der Waals surface area contributed by atoms with E-state index < -0.39 is 0 Å². The van der Waals surface area contributed by atoms with Crippen molar-refractivity contribution in [3.63, 3.8) is 0 Å². The van der Waals surface area contributed by atoms with Crippen LogP contribution in [-0.4, -0.2) is 6.54 Å². The summed E-state index contributed by atoms with van der Waals surface area (Å²) in [4.78, 5) is 0. The SMILES string of the molecule is c1ccc2c(c1)CCC[N]N2. The molecule has 0 saturated carbocycles. The molecule has 0 aromatic heterocycles. The number of nitrogens with one attached hydrogen (secondary N) is 1. The Bertz CT molecular complexity index is 220. The van der Waals surface area contributed by atoms with Gasteiger partial charge in [0.15, 0.2) is 0 Å². The van der Waals surface area contributed by atoms with Crippen LogP contribution in [0.2, 0.25) is 0 Å².